The molecule has 0 aliphatic rings. The zero-order valence-electron chi connectivity index (χ0n) is 11.3. The molecule has 1 aromatic carbocycles. The van der Waals surface area contributed by atoms with Crippen molar-refractivity contribution >= 4 is 11.6 Å². The minimum Gasteiger partial charge on any atom is -0.308 e. The van der Waals surface area contributed by atoms with Crippen LogP contribution in [0.15, 0.2) is 36.8 Å². The van der Waals surface area contributed by atoms with E-state index < -0.39 is 0 Å². The molecular formula is C15H17ClFN3. The van der Waals surface area contributed by atoms with E-state index in [0.717, 1.165) is 24.2 Å². The number of rotatable bonds is 6. The Bertz CT molecular complexity index is 548. The number of benzene rings is 1. The summed E-state index contributed by atoms with van der Waals surface area (Å²) < 4.78 is 13.1. The molecule has 2 rings (SSSR count). The molecule has 1 atom stereocenters. The van der Waals surface area contributed by atoms with E-state index >= 15 is 0 Å². The second kappa shape index (κ2) is 7.31. The summed E-state index contributed by atoms with van der Waals surface area (Å²) in [6.45, 7) is 2.98. The standard InChI is InChI=1S/C15H17ClFN3/c1-2-5-19-14(15-10-18-6-7-20-15)8-11-3-4-12(17)9-13(11)16/h3-4,6-7,9-10,14,19H,2,5,8H2,1H3. The molecule has 2 aromatic rings. The van der Waals surface area contributed by atoms with E-state index in [-0.39, 0.29) is 11.9 Å². The summed E-state index contributed by atoms with van der Waals surface area (Å²) in [7, 11) is 0. The molecule has 0 fully saturated rings. The molecule has 0 bridgehead atoms. The Labute approximate surface area is 123 Å². The van der Waals surface area contributed by atoms with Gasteiger partial charge in [-0.15, -0.1) is 0 Å². The lowest BCUT2D eigenvalue weighted by molar-refractivity contribution is 0.515. The summed E-state index contributed by atoms with van der Waals surface area (Å²) in [5.74, 6) is -0.323. The maximum absolute atomic E-state index is 13.1. The van der Waals surface area contributed by atoms with Crippen LogP contribution in [0.3, 0.4) is 0 Å². The van der Waals surface area contributed by atoms with Crippen molar-refractivity contribution in [2.75, 3.05) is 6.54 Å². The number of nitrogens with one attached hydrogen (secondary N) is 1. The van der Waals surface area contributed by atoms with Crippen molar-refractivity contribution in [3.63, 3.8) is 0 Å². The topological polar surface area (TPSA) is 37.8 Å². The van der Waals surface area contributed by atoms with Crippen LogP contribution in [0.2, 0.25) is 5.02 Å². The fraction of sp³-hybridized carbons (Fsp3) is 0.333. The first-order valence-electron chi connectivity index (χ1n) is 6.64. The lowest BCUT2D eigenvalue weighted by Gasteiger charge is -2.18. The summed E-state index contributed by atoms with van der Waals surface area (Å²) in [4.78, 5) is 8.43. The van der Waals surface area contributed by atoms with Crippen LogP contribution in [0, 0.1) is 5.82 Å². The van der Waals surface area contributed by atoms with Gasteiger partial charge < -0.3 is 5.32 Å². The van der Waals surface area contributed by atoms with Gasteiger partial charge in [0.2, 0.25) is 0 Å². The molecule has 20 heavy (non-hydrogen) atoms. The molecule has 0 amide bonds. The van der Waals surface area contributed by atoms with Gasteiger partial charge >= 0.3 is 0 Å². The third kappa shape index (κ3) is 3.99. The lowest BCUT2D eigenvalue weighted by Crippen LogP contribution is -2.25. The fourth-order valence-corrected chi connectivity index (χ4v) is 2.24. The van der Waals surface area contributed by atoms with Crippen LogP contribution < -0.4 is 5.32 Å². The highest BCUT2D eigenvalue weighted by atomic mass is 35.5. The largest absolute Gasteiger partial charge is 0.308 e. The summed E-state index contributed by atoms with van der Waals surface area (Å²) in [6.07, 6.45) is 6.73. The number of halogens is 2. The van der Waals surface area contributed by atoms with Gasteiger partial charge in [-0.25, -0.2) is 4.39 Å². The van der Waals surface area contributed by atoms with E-state index in [1.54, 1.807) is 24.7 Å². The lowest BCUT2D eigenvalue weighted by atomic mass is 10.0. The van der Waals surface area contributed by atoms with Crippen molar-refractivity contribution in [1.29, 1.82) is 0 Å². The average molecular weight is 294 g/mol. The van der Waals surface area contributed by atoms with Gasteiger partial charge in [0.25, 0.3) is 0 Å². The number of hydrogen-bond donors (Lipinski definition) is 1. The number of hydrogen-bond acceptors (Lipinski definition) is 3. The molecule has 1 unspecified atom stereocenters. The summed E-state index contributed by atoms with van der Waals surface area (Å²) in [5.41, 5.74) is 1.76. The van der Waals surface area contributed by atoms with Crippen molar-refractivity contribution in [3.8, 4) is 0 Å². The van der Waals surface area contributed by atoms with Gasteiger partial charge in [-0.2, -0.15) is 0 Å². The van der Waals surface area contributed by atoms with E-state index in [0.29, 0.717) is 11.4 Å². The second-order valence-electron chi connectivity index (χ2n) is 4.58. The van der Waals surface area contributed by atoms with Crippen LogP contribution in [0.25, 0.3) is 0 Å². The van der Waals surface area contributed by atoms with Crippen molar-refractivity contribution in [1.82, 2.24) is 15.3 Å². The third-order valence-corrected chi connectivity index (χ3v) is 3.37. The van der Waals surface area contributed by atoms with Crippen molar-refractivity contribution in [3.05, 3.63) is 58.9 Å². The first kappa shape index (κ1) is 14.9. The SMILES string of the molecule is CCCNC(Cc1ccc(F)cc1Cl)c1cnccn1. The Morgan fingerprint density at radius 3 is 2.85 bits per heavy atom. The van der Waals surface area contributed by atoms with Crippen LogP contribution in [0.4, 0.5) is 4.39 Å². The van der Waals surface area contributed by atoms with Crippen LogP contribution >= 0.6 is 11.6 Å². The Morgan fingerprint density at radius 2 is 2.20 bits per heavy atom. The maximum atomic E-state index is 13.1. The quantitative estimate of drug-likeness (QED) is 0.885. The van der Waals surface area contributed by atoms with E-state index in [2.05, 4.69) is 22.2 Å². The van der Waals surface area contributed by atoms with E-state index in [9.17, 15) is 4.39 Å². The predicted octanol–water partition coefficient (Wildman–Crippen LogP) is 3.55. The van der Waals surface area contributed by atoms with Gasteiger partial charge in [0.1, 0.15) is 5.82 Å². The molecule has 0 aliphatic carbocycles. The highest BCUT2D eigenvalue weighted by molar-refractivity contribution is 6.31. The molecule has 0 aliphatic heterocycles. The van der Waals surface area contributed by atoms with Crippen molar-refractivity contribution < 1.29 is 4.39 Å². The van der Waals surface area contributed by atoms with Crippen LogP contribution in [0.5, 0.6) is 0 Å². The smallest absolute Gasteiger partial charge is 0.124 e. The molecule has 3 nitrogen and oxygen atoms in total. The molecule has 5 heteroatoms. The van der Waals surface area contributed by atoms with Crippen LogP contribution in [-0.4, -0.2) is 16.5 Å². The molecule has 106 valence electrons. The van der Waals surface area contributed by atoms with Gasteiger partial charge in [-0.1, -0.05) is 24.6 Å². The maximum Gasteiger partial charge on any atom is 0.124 e. The molecule has 0 radical (unpaired) electrons. The first-order valence-corrected chi connectivity index (χ1v) is 7.01. The summed E-state index contributed by atoms with van der Waals surface area (Å²) >= 11 is 6.09. The summed E-state index contributed by atoms with van der Waals surface area (Å²) in [5, 5.41) is 3.86. The van der Waals surface area contributed by atoms with Crippen molar-refractivity contribution in [2.45, 2.75) is 25.8 Å². The van der Waals surface area contributed by atoms with Gasteiger partial charge in [0.15, 0.2) is 0 Å². The number of nitrogens with zero attached hydrogens (tertiary/aromatic N) is 2. The van der Waals surface area contributed by atoms with Crippen molar-refractivity contribution in [2.24, 2.45) is 0 Å². The van der Waals surface area contributed by atoms with Gasteiger partial charge in [0.05, 0.1) is 11.7 Å². The third-order valence-electron chi connectivity index (χ3n) is 3.02. The molecule has 0 saturated carbocycles. The Hall–Kier alpha value is -1.52. The zero-order valence-corrected chi connectivity index (χ0v) is 12.1. The second-order valence-corrected chi connectivity index (χ2v) is 4.98. The Morgan fingerprint density at radius 1 is 1.35 bits per heavy atom. The highest BCUT2D eigenvalue weighted by Gasteiger charge is 2.15. The first-order chi connectivity index (χ1) is 9.70. The van der Waals surface area contributed by atoms with E-state index in [1.807, 2.05) is 0 Å². The average Bonchev–Trinajstić information content (AvgIpc) is 2.46. The Kier molecular flexibility index (Phi) is 5.44. The predicted molar refractivity (Wildman–Crippen MR) is 78.2 cm³/mol. The molecular weight excluding hydrogens is 277 g/mol. The van der Waals surface area contributed by atoms with Crippen LogP contribution in [0.1, 0.15) is 30.6 Å². The molecule has 0 saturated heterocycles. The zero-order chi connectivity index (χ0) is 14.4. The van der Waals surface area contributed by atoms with E-state index in [1.165, 1.54) is 12.1 Å². The van der Waals surface area contributed by atoms with Gasteiger partial charge in [-0.3, -0.25) is 9.97 Å². The normalized spacial score (nSPS) is 12.3. The molecule has 0 spiro atoms. The minimum absolute atomic E-state index is 0.0200. The summed E-state index contributed by atoms with van der Waals surface area (Å²) in [6, 6.07) is 4.50. The minimum atomic E-state index is -0.323. The highest BCUT2D eigenvalue weighted by Crippen LogP contribution is 2.23. The fourth-order valence-electron chi connectivity index (χ4n) is 2.00. The van der Waals surface area contributed by atoms with Crippen LogP contribution in [-0.2, 0) is 6.42 Å². The number of aromatic nitrogens is 2. The molecule has 1 heterocycles. The van der Waals surface area contributed by atoms with E-state index in [4.69, 9.17) is 11.6 Å². The monoisotopic (exact) mass is 293 g/mol. The van der Waals surface area contributed by atoms with Gasteiger partial charge in [-0.05, 0) is 37.1 Å². The van der Waals surface area contributed by atoms with Gasteiger partial charge in [0, 0.05) is 23.6 Å². The molecule has 1 aromatic heterocycles. The Balaban J connectivity index is 2.19. The molecule has 1 N–H and O–H groups in total.